The Bertz CT molecular complexity index is 1150. The van der Waals surface area contributed by atoms with Crippen molar-refractivity contribution in [3.8, 4) is 0 Å². The van der Waals surface area contributed by atoms with E-state index in [1.807, 2.05) is 0 Å². The molecule has 1 unspecified atom stereocenters. The zero-order valence-electron chi connectivity index (χ0n) is 14.9. The topological polar surface area (TPSA) is 121 Å². The van der Waals surface area contributed by atoms with Gasteiger partial charge in [-0.25, -0.2) is 4.39 Å². The summed E-state index contributed by atoms with van der Waals surface area (Å²) in [6.07, 6.45) is -3.59. The normalized spacial score (nSPS) is 26.7. The third-order valence-corrected chi connectivity index (χ3v) is 5.89. The Balaban J connectivity index is 1.74. The molecule has 1 aliphatic rings. The van der Waals surface area contributed by atoms with Gasteiger partial charge in [0.1, 0.15) is 34.9 Å². The molecule has 4 N–H and O–H groups in total. The van der Waals surface area contributed by atoms with Crippen LogP contribution in [0.15, 0.2) is 35.5 Å². The molecular weight excluding hydrogens is 428 g/mol. The predicted octanol–water partition coefficient (Wildman–Crippen LogP) is 1.70. The van der Waals surface area contributed by atoms with Crippen LogP contribution in [-0.4, -0.2) is 48.2 Å². The number of hydrogen-bond donors (Lipinski definition) is 4. The zero-order chi connectivity index (χ0) is 21.1. The largest absolute Gasteiger partial charge is 0.387 e. The SMILES string of the molecule is CC(O)(c1ccc(Cl)c(Cl)c1)[C@H]1O[C@@H](n2cc(F)c3c(=O)nc[nH]c32)[C@H](O)[C@@H]1O. The van der Waals surface area contributed by atoms with Gasteiger partial charge in [-0.1, -0.05) is 29.3 Å². The summed E-state index contributed by atoms with van der Waals surface area (Å²) in [7, 11) is 0. The molecule has 0 radical (unpaired) electrons. The Labute approximate surface area is 173 Å². The number of aliphatic hydroxyl groups is 3. The molecule has 5 atom stereocenters. The maximum absolute atomic E-state index is 14.3. The molecule has 0 aliphatic carbocycles. The highest BCUT2D eigenvalue weighted by molar-refractivity contribution is 6.42. The molecular formula is C18H16Cl2FN3O5. The Kier molecular flexibility index (Phi) is 4.93. The summed E-state index contributed by atoms with van der Waals surface area (Å²) in [5.41, 5.74) is -2.25. The molecule has 2 aromatic heterocycles. The fraction of sp³-hybridized carbons (Fsp3) is 0.333. The number of rotatable bonds is 3. The first-order valence-corrected chi connectivity index (χ1v) is 9.31. The highest BCUT2D eigenvalue weighted by atomic mass is 35.5. The number of halogens is 3. The van der Waals surface area contributed by atoms with Crippen LogP contribution in [0.5, 0.6) is 0 Å². The van der Waals surface area contributed by atoms with Crippen LogP contribution in [0.3, 0.4) is 0 Å². The number of benzene rings is 1. The second-order valence-corrected chi connectivity index (χ2v) is 7.83. The number of nitrogens with one attached hydrogen (secondary N) is 1. The summed E-state index contributed by atoms with van der Waals surface area (Å²) in [5, 5.41) is 32.3. The van der Waals surface area contributed by atoms with E-state index in [1.165, 1.54) is 25.1 Å². The monoisotopic (exact) mass is 443 g/mol. The summed E-state index contributed by atoms with van der Waals surface area (Å²) >= 11 is 11.9. The van der Waals surface area contributed by atoms with E-state index in [4.69, 9.17) is 27.9 Å². The number of ether oxygens (including phenoxy) is 1. The Morgan fingerprint density at radius 1 is 1.28 bits per heavy atom. The number of aromatic nitrogens is 3. The standard InChI is InChI=1S/C18H16Cl2FN3O5/c1-18(28,7-2-3-8(19)9(20)4-7)14-12(25)13(26)17(29-14)24-5-10(21)11-15(24)22-6-23-16(11)27/h2-6,12-14,17,25-26,28H,1H3,(H,22,23,27)/t12-,13+,14-,17+,18?/m0/s1. The molecule has 0 amide bonds. The molecule has 11 heteroatoms. The van der Waals surface area contributed by atoms with Gasteiger partial charge in [-0.3, -0.25) is 4.79 Å². The van der Waals surface area contributed by atoms with Gasteiger partial charge in [0.05, 0.1) is 16.4 Å². The van der Waals surface area contributed by atoms with Crippen LogP contribution in [-0.2, 0) is 10.3 Å². The first-order chi connectivity index (χ1) is 13.6. The van der Waals surface area contributed by atoms with Crippen LogP contribution in [0.1, 0.15) is 18.7 Å². The molecule has 1 aliphatic heterocycles. The molecule has 4 rings (SSSR count). The molecule has 1 saturated heterocycles. The lowest BCUT2D eigenvalue weighted by Crippen LogP contribution is -2.45. The number of aliphatic hydroxyl groups excluding tert-OH is 2. The molecule has 3 aromatic rings. The first kappa shape index (κ1) is 20.3. The summed E-state index contributed by atoms with van der Waals surface area (Å²) < 4.78 is 21.2. The minimum atomic E-state index is -1.78. The smallest absolute Gasteiger partial charge is 0.285 e. The second kappa shape index (κ2) is 7.05. The van der Waals surface area contributed by atoms with E-state index < -0.39 is 41.5 Å². The van der Waals surface area contributed by atoms with Gasteiger partial charge in [0, 0.05) is 6.20 Å². The van der Waals surface area contributed by atoms with Gasteiger partial charge in [-0.2, -0.15) is 4.98 Å². The third kappa shape index (κ3) is 3.14. The van der Waals surface area contributed by atoms with Crippen LogP contribution in [0.4, 0.5) is 4.39 Å². The van der Waals surface area contributed by atoms with Gasteiger partial charge in [0.25, 0.3) is 5.56 Å². The quantitative estimate of drug-likeness (QED) is 0.488. The summed E-state index contributed by atoms with van der Waals surface area (Å²) in [4.78, 5) is 17.9. The van der Waals surface area contributed by atoms with E-state index in [0.29, 0.717) is 5.56 Å². The summed E-state index contributed by atoms with van der Waals surface area (Å²) in [6, 6.07) is 4.42. The fourth-order valence-electron chi connectivity index (χ4n) is 3.59. The maximum Gasteiger partial charge on any atom is 0.285 e. The molecule has 0 bridgehead atoms. The predicted molar refractivity (Wildman–Crippen MR) is 102 cm³/mol. The van der Waals surface area contributed by atoms with E-state index >= 15 is 0 Å². The van der Waals surface area contributed by atoms with E-state index in [2.05, 4.69) is 9.97 Å². The van der Waals surface area contributed by atoms with Crippen molar-refractivity contribution in [3.63, 3.8) is 0 Å². The number of fused-ring (bicyclic) bond motifs is 1. The minimum Gasteiger partial charge on any atom is -0.387 e. The Morgan fingerprint density at radius 2 is 2.00 bits per heavy atom. The van der Waals surface area contributed by atoms with Crippen molar-refractivity contribution in [2.75, 3.05) is 0 Å². The number of nitrogens with zero attached hydrogens (tertiary/aromatic N) is 2. The summed E-state index contributed by atoms with van der Waals surface area (Å²) in [6.45, 7) is 1.38. The van der Waals surface area contributed by atoms with Gasteiger partial charge in [-0.15, -0.1) is 0 Å². The number of H-pyrrole nitrogens is 1. The van der Waals surface area contributed by atoms with Crippen LogP contribution >= 0.6 is 23.2 Å². The minimum absolute atomic E-state index is 0.0218. The number of hydrogen-bond acceptors (Lipinski definition) is 6. The van der Waals surface area contributed by atoms with Gasteiger partial charge < -0.3 is 29.6 Å². The fourth-order valence-corrected chi connectivity index (χ4v) is 3.89. The maximum atomic E-state index is 14.3. The number of aromatic amines is 1. The average molecular weight is 444 g/mol. The van der Waals surface area contributed by atoms with Crippen LogP contribution in [0, 0.1) is 5.82 Å². The van der Waals surface area contributed by atoms with Crippen molar-refractivity contribution in [1.29, 1.82) is 0 Å². The molecule has 0 saturated carbocycles. The van der Waals surface area contributed by atoms with Crippen LogP contribution in [0.2, 0.25) is 10.0 Å². The highest BCUT2D eigenvalue weighted by Crippen LogP contribution is 2.41. The molecule has 0 spiro atoms. The van der Waals surface area contributed by atoms with Crippen LogP contribution in [0.25, 0.3) is 11.0 Å². The molecule has 29 heavy (non-hydrogen) atoms. The van der Waals surface area contributed by atoms with Crippen molar-refractivity contribution < 1.29 is 24.4 Å². The van der Waals surface area contributed by atoms with Crippen molar-refractivity contribution in [2.45, 2.75) is 37.1 Å². The highest BCUT2D eigenvalue weighted by Gasteiger charge is 2.52. The van der Waals surface area contributed by atoms with Crippen molar-refractivity contribution in [1.82, 2.24) is 14.5 Å². The van der Waals surface area contributed by atoms with E-state index in [1.54, 1.807) is 0 Å². The van der Waals surface area contributed by atoms with Crippen molar-refractivity contribution >= 4 is 34.2 Å². The van der Waals surface area contributed by atoms with Gasteiger partial charge in [-0.05, 0) is 24.6 Å². The summed E-state index contributed by atoms with van der Waals surface area (Å²) in [5.74, 6) is -0.862. The zero-order valence-corrected chi connectivity index (χ0v) is 16.4. The van der Waals surface area contributed by atoms with E-state index in [0.717, 1.165) is 17.1 Å². The van der Waals surface area contributed by atoms with Gasteiger partial charge in [0.15, 0.2) is 12.0 Å². The Morgan fingerprint density at radius 3 is 2.69 bits per heavy atom. The van der Waals surface area contributed by atoms with Crippen LogP contribution < -0.4 is 5.56 Å². The third-order valence-electron chi connectivity index (χ3n) is 5.15. The molecule has 1 aromatic carbocycles. The van der Waals surface area contributed by atoms with Crippen molar-refractivity contribution in [2.24, 2.45) is 0 Å². The van der Waals surface area contributed by atoms with Gasteiger partial charge in [0.2, 0.25) is 0 Å². The first-order valence-electron chi connectivity index (χ1n) is 8.56. The lowest BCUT2D eigenvalue weighted by Gasteiger charge is -2.32. The second-order valence-electron chi connectivity index (χ2n) is 7.02. The lowest BCUT2D eigenvalue weighted by atomic mass is 9.87. The average Bonchev–Trinajstić information content (AvgIpc) is 3.16. The molecule has 3 heterocycles. The van der Waals surface area contributed by atoms with E-state index in [-0.39, 0.29) is 21.1 Å². The molecule has 8 nitrogen and oxygen atoms in total. The van der Waals surface area contributed by atoms with Gasteiger partial charge >= 0.3 is 0 Å². The molecule has 1 fully saturated rings. The molecule has 154 valence electrons. The van der Waals surface area contributed by atoms with E-state index in [9.17, 15) is 24.5 Å². The Hall–Kier alpha value is -2.01. The van der Waals surface area contributed by atoms with Crippen molar-refractivity contribution in [3.05, 3.63) is 62.5 Å². The lowest BCUT2D eigenvalue weighted by molar-refractivity contribution is -0.135.